The maximum Gasteiger partial charge on any atom is 0.0613 e. The van der Waals surface area contributed by atoms with Gasteiger partial charge in [0.1, 0.15) is 0 Å². The van der Waals surface area contributed by atoms with Crippen LogP contribution in [0.4, 0.5) is 0 Å². The van der Waals surface area contributed by atoms with Crippen molar-refractivity contribution in [2.45, 2.75) is 25.4 Å². The van der Waals surface area contributed by atoms with E-state index in [1.807, 2.05) is 6.07 Å². The van der Waals surface area contributed by atoms with E-state index in [0.29, 0.717) is 24.6 Å². The number of benzene rings is 1. The lowest BCUT2D eigenvalue weighted by Gasteiger charge is -2.21. The van der Waals surface area contributed by atoms with Crippen LogP contribution in [0.5, 0.6) is 0 Å². The van der Waals surface area contributed by atoms with Crippen molar-refractivity contribution in [3.8, 4) is 0 Å². The average Bonchev–Trinajstić information content (AvgIpc) is 2.30. The molecule has 3 heteroatoms. The number of ether oxygens (including phenoxy) is 1. The molecule has 0 bridgehead atoms. The van der Waals surface area contributed by atoms with Gasteiger partial charge in [0.15, 0.2) is 0 Å². The smallest absolute Gasteiger partial charge is 0.0613 e. The van der Waals surface area contributed by atoms with Crippen LogP contribution in [0, 0.1) is 0 Å². The van der Waals surface area contributed by atoms with Crippen LogP contribution in [0.25, 0.3) is 0 Å². The molecule has 0 aliphatic heterocycles. The second-order valence-corrected chi connectivity index (χ2v) is 4.37. The molecule has 2 atom stereocenters. The lowest BCUT2D eigenvalue weighted by atomic mass is 10.1. The molecule has 1 aromatic rings. The van der Waals surface area contributed by atoms with E-state index >= 15 is 0 Å². The molecule has 0 heterocycles. The van der Waals surface area contributed by atoms with Crippen molar-refractivity contribution in [3.63, 3.8) is 0 Å². The Morgan fingerprint density at radius 2 is 2.00 bits per heavy atom. The van der Waals surface area contributed by atoms with Gasteiger partial charge in [-0.3, -0.25) is 0 Å². The first-order valence-corrected chi connectivity index (χ1v) is 6.14. The minimum absolute atomic E-state index is 0.300. The number of hydrogen-bond acceptors (Lipinski definition) is 2. The lowest BCUT2D eigenvalue weighted by molar-refractivity contribution is 0.168. The Bertz CT molecular complexity index is 279. The summed E-state index contributed by atoms with van der Waals surface area (Å²) in [5.41, 5.74) is 1.31. The molecule has 16 heavy (non-hydrogen) atoms. The Balaban J connectivity index is 2.43. The summed E-state index contributed by atoms with van der Waals surface area (Å²) < 4.78 is 5.09. The zero-order chi connectivity index (χ0) is 11.8. The van der Waals surface area contributed by atoms with Gasteiger partial charge in [-0.25, -0.2) is 0 Å². The molecule has 90 valence electrons. The molecule has 1 aromatic carbocycles. The van der Waals surface area contributed by atoms with E-state index < -0.39 is 0 Å². The molecule has 0 spiro atoms. The topological polar surface area (TPSA) is 21.3 Å². The van der Waals surface area contributed by atoms with Crippen molar-refractivity contribution >= 4 is 11.6 Å². The first-order valence-electron chi connectivity index (χ1n) is 5.61. The zero-order valence-corrected chi connectivity index (χ0v) is 10.7. The molecule has 0 aliphatic rings. The number of halogens is 1. The van der Waals surface area contributed by atoms with Gasteiger partial charge in [0.25, 0.3) is 0 Å². The summed E-state index contributed by atoms with van der Waals surface area (Å²) in [6.07, 6.45) is 0.957. The average molecular weight is 242 g/mol. The van der Waals surface area contributed by atoms with Crippen LogP contribution in [-0.2, 0) is 11.2 Å². The second-order valence-electron chi connectivity index (χ2n) is 4.06. The van der Waals surface area contributed by atoms with E-state index in [1.54, 1.807) is 7.11 Å². The van der Waals surface area contributed by atoms with Gasteiger partial charge in [-0.2, -0.15) is 0 Å². The van der Waals surface area contributed by atoms with Crippen LogP contribution in [0.3, 0.4) is 0 Å². The number of rotatable bonds is 7. The Kier molecular flexibility index (Phi) is 6.46. The Morgan fingerprint density at radius 3 is 2.56 bits per heavy atom. The fourth-order valence-corrected chi connectivity index (χ4v) is 1.96. The van der Waals surface area contributed by atoms with Crippen LogP contribution in [0.15, 0.2) is 30.3 Å². The molecular formula is C13H20ClNO. The maximum absolute atomic E-state index is 5.96. The van der Waals surface area contributed by atoms with Crippen molar-refractivity contribution in [3.05, 3.63) is 35.9 Å². The van der Waals surface area contributed by atoms with Crippen molar-refractivity contribution in [2.24, 2.45) is 0 Å². The summed E-state index contributed by atoms with van der Waals surface area (Å²) in [6, 6.07) is 11.0. The number of nitrogens with one attached hydrogen (secondary N) is 1. The van der Waals surface area contributed by atoms with Gasteiger partial charge in [-0.15, -0.1) is 11.6 Å². The molecule has 2 nitrogen and oxygen atoms in total. The van der Waals surface area contributed by atoms with Crippen LogP contribution in [0.2, 0.25) is 0 Å². The van der Waals surface area contributed by atoms with Gasteiger partial charge in [0.2, 0.25) is 0 Å². The minimum atomic E-state index is 0.300. The summed E-state index contributed by atoms with van der Waals surface area (Å²) in [5.74, 6) is 0.614. The molecule has 0 aliphatic carbocycles. The molecule has 0 aromatic heterocycles. The van der Waals surface area contributed by atoms with Crippen molar-refractivity contribution in [1.82, 2.24) is 5.32 Å². The summed E-state index contributed by atoms with van der Waals surface area (Å²) in [6.45, 7) is 2.82. The van der Waals surface area contributed by atoms with Gasteiger partial charge >= 0.3 is 0 Å². The van der Waals surface area contributed by atoms with E-state index in [4.69, 9.17) is 16.3 Å². The predicted molar refractivity (Wildman–Crippen MR) is 69.1 cm³/mol. The molecule has 0 amide bonds. The Morgan fingerprint density at radius 1 is 1.31 bits per heavy atom. The van der Waals surface area contributed by atoms with E-state index in [-0.39, 0.29) is 0 Å². The lowest BCUT2D eigenvalue weighted by Crippen LogP contribution is -2.41. The van der Waals surface area contributed by atoms with Crippen molar-refractivity contribution in [2.75, 3.05) is 19.6 Å². The number of alkyl halides is 1. The second kappa shape index (κ2) is 7.66. The number of methoxy groups -OCH3 is 1. The monoisotopic (exact) mass is 241 g/mol. The van der Waals surface area contributed by atoms with Gasteiger partial charge in [-0.1, -0.05) is 30.3 Å². The van der Waals surface area contributed by atoms with E-state index in [9.17, 15) is 0 Å². The third-order valence-electron chi connectivity index (χ3n) is 2.45. The highest BCUT2D eigenvalue weighted by Gasteiger charge is 2.11. The van der Waals surface area contributed by atoms with Crippen LogP contribution in [0.1, 0.15) is 12.5 Å². The summed E-state index contributed by atoms with van der Waals surface area (Å²) in [4.78, 5) is 0. The van der Waals surface area contributed by atoms with Crippen LogP contribution in [-0.4, -0.2) is 31.7 Å². The predicted octanol–water partition coefficient (Wildman–Crippen LogP) is 2.46. The molecule has 1 rings (SSSR count). The van der Waals surface area contributed by atoms with Gasteiger partial charge in [0, 0.05) is 25.1 Å². The Hall–Kier alpha value is -0.570. The van der Waals surface area contributed by atoms with Crippen LogP contribution < -0.4 is 5.32 Å². The summed E-state index contributed by atoms with van der Waals surface area (Å²) >= 11 is 5.96. The first kappa shape index (κ1) is 13.5. The highest BCUT2D eigenvalue weighted by molar-refractivity contribution is 6.18. The van der Waals surface area contributed by atoms with E-state index in [0.717, 1.165) is 6.42 Å². The molecular weight excluding hydrogens is 222 g/mol. The molecule has 0 fully saturated rings. The fourth-order valence-electron chi connectivity index (χ4n) is 1.76. The fraction of sp³-hybridized carbons (Fsp3) is 0.538. The largest absolute Gasteiger partial charge is 0.383 e. The summed E-state index contributed by atoms with van der Waals surface area (Å²) in [7, 11) is 1.71. The third-order valence-corrected chi connectivity index (χ3v) is 2.82. The normalized spacial score (nSPS) is 14.7. The quantitative estimate of drug-likeness (QED) is 0.741. The minimum Gasteiger partial charge on any atom is -0.383 e. The molecule has 0 saturated heterocycles. The molecule has 0 saturated carbocycles. The highest BCUT2D eigenvalue weighted by atomic mass is 35.5. The molecule has 0 radical (unpaired) electrons. The maximum atomic E-state index is 5.96. The highest BCUT2D eigenvalue weighted by Crippen LogP contribution is 2.05. The number of hydrogen-bond donors (Lipinski definition) is 1. The zero-order valence-electron chi connectivity index (χ0n) is 9.95. The summed E-state index contributed by atoms with van der Waals surface area (Å²) in [5, 5.41) is 3.46. The SMILES string of the molecule is COCC(C)NC(CCl)Cc1ccccc1. The third kappa shape index (κ3) is 4.97. The van der Waals surface area contributed by atoms with Crippen molar-refractivity contribution < 1.29 is 4.74 Å². The Labute approximate surface area is 103 Å². The van der Waals surface area contributed by atoms with Gasteiger partial charge in [-0.05, 0) is 18.9 Å². The van der Waals surface area contributed by atoms with Gasteiger partial charge < -0.3 is 10.1 Å². The standard InChI is InChI=1S/C13H20ClNO/c1-11(10-16-2)15-13(9-14)8-12-6-4-3-5-7-12/h3-7,11,13,15H,8-10H2,1-2H3. The van der Waals surface area contributed by atoms with E-state index in [2.05, 4.69) is 36.5 Å². The van der Waals surface area contributed by atoms with Gasteiger partial charge in [0.05, 0.1) is 6.61 Å². The van der Waals surface area contributed by atoms with E-state index in [1.165, 1.54) is 5.56 Å². The molecule has 2 unspecified atom stereocenters. The molecule has 1 N–H and O–H groups in total. The first-order chi connectivity index (χ1) is 7.76. The van der Waals surface area contributed by atoms with Crippen LogP contribution >= 0.6 is 11.6 Å². The van der Waals surface area contributed by atoms with Crippen molar-refractivity contribution in [1.29, 1.82) is 0 Å².